The van der Waals surface area contributed by atoms with Crippen LogP contribution in [0, 0.1) is 5.41 Å². The minimum atomic E-state index is -1.61. The highest BCUT2D eigenvalue weighted by Crippen LogP contribution is 2.53. The Morgan fingerprint density at radius 2 is 1.52 bits per heavy atom. The Bertz CT molecular complexity index is 1270. The summed E-state index contributed by atoms with van der Waals surface area (Å²) in [5.41, 5.74) is 2.23. The van der Waals surface area contributed by atoms with E-state index in [1.54, 1.807) is 0 Å². The number of ketones is 1. The number of benzene rings is 2. The maximum atomic E-state index is 13.5. The maximum absolute atomic E-state index is 13.5. The molecule has 0 saturated carbocycles. The fourth-order valence-electron chi connectivity index (χ4n) is 5.06. The van der Waals surface area contributed by atoms with Gasteiger partial charge < -0.3 is 13.9 Å². The van der Waals surface area contributed by atoms with Crippen LogP contribution in [0.3, 0.4) is 0 Å². The highest BCUT2D eigenvalue weighted by molar-refractivity contribution is 6.11. The number of carbonyl (C=O) groups excluding carboxylic acids is 3. The molecule has 0 amide bonds. The van der Waals surface area contributed by atoms with Crippen LogP contribution in [0.1, 0.15) is 34.8 Å². The topological polar surface area (TPSA) is 82.8 Å². The van der Waals surface area contributed by atoms with Gasteiger partial charge in [-0.2, -0.15) is 0 Å². The van der Waals surface area contributed by atoms with Crippen LogP contribution in [0.15, 0.2) is 71.2 Å². The fraction of sp³-hybridized carbons (Fsp3) is 0.222. The molecule has 1 aromatic heterocycles. The third-order valence-electron chi connectivity index (χ3n) is 6.50. The summed E-state index contributed by atoms with van der Waals surface area (Å²) in [4.78, 5) is 39.1. The number of carbonyl (C=O) groups is 3. The Labute approximate surface area is 190 Å². The molecule has 33 heavy (non-hydrogen) atoms. The van der Waals surface area contributed by atoms with E-state index >= 15 is 0 Å². The molecule has 0 saturated heterocycles. The first-order valence-electron chi connectivity index (χ1n) is 10.7. The van der Waals surface area contributed by atoms with E-state index in [1.165, 1.54) is 20.3 Å². The number of allylic oxidation sites excluding steroid dienone is 2. The van der Waals surface area contributed by atoms with Crippen molar-refractivity contribution in [2.45, 2.75) is 18.8 Å². The van der Waals surface area contributed by atoms with E-state index in [2.05, 4.69) is 0 Å². The zero-order valence-corrected chi connectivity index (χ0v) is 18.3. The first-order chi connectivity index (χ1) is 16.0. The van der Waals surface area contributed by atoms with Crippen LogP contribution in [0.5, 0.6) is 0 Å². The summed E-state index contributed by atoms with van der Waals surface area (Å²) in [6.07, 6.45) is 1.54. The van der Waals surface area contributed by atoms with E-state index in [1.807, 2.05) is 60.7 Å². The number of furan rings is 1. The number of rotatable bonds is 4. The lowest BCUT2D eigenvalue weighted by atomic mass is 9.67. The van der Waals surface area contributed by atoms with Crippen LogP contribution in [0.4, 0.5) is 0 Å². The predicted octanol–water partition coefficient (Wildman–Crippen LogP) is 4.32. The highest BCUT2D eigenvalue weighted by Gasteiger charge is 2.55. The van der Waals surface area contributed by atoms with Crippen molar-refractivity contribution in [3.05, 3.63) is 89.2 Å². The predicted molar refractivity (Wildman–Crippen MR) is 120 cm³/mol. The molecule has 6 heteroatoms. The molecule has 0 spiro atoms. The Morgan fingerprint density at radius 1 is 0.909 bits per heavy atom. The first-order valence-corrected chi connectivity index (χ1v) is 10.7. The smallest absolute Gasteiger partial charge is 0.324 e. The van der Waals surface area contributed by atoms with Gasteiger partial charge in [-0.3, -0.25) is 14.4 Å². The second-order valence-corrected chi connectivity index (χ2v) is 8.34. The van der Waals surface area contributed by atoms with Crippen LogP contribution in [0.2, 0.25) is 0 Å². The zero-order chi connectivity index (χ0) is 23.2. The monoisotopic (exact) mass is 442 g/mol. The SMILES string of the molecule is COC(=O)C1(C(=O)OC)CC2=CC(=O)C(c3ccccc3)c3c(-c4ccccc4)oc(c32)C1. The third kappa shape index (κ3) is 3.13. The molecule has 0 N–H and O–H groups in total. The average molecular weight is 442 g/mol. The Kier molecular flexibility index (Phi) is 5.01. The quantitative estimate of drug-likeness (QED) is 0.442. The molecule has 0 aliphatic heterocycles. The van der Waals surface area contributed by atoms with Gasteiger partial charge in [0.05, 0.1) is 20.1 Å². The van der Waals surface area contributed by atoms with Crippen molar-refractivity contribution in [1.29, 1.82) is 0 Å². The van der Waals surface area contributed by atoms with Gasteiger partial charge in [0.2, 0.25) is 0 Å². The molecular weight excluding hydrogens is 420 g/mol. The molecule has 0 fully saturated rings. The maximum Gasteiger partial charge on any atom is 0.324 e. The molecule has 2 aliphatic rings. The fourth-order valence-corrected chi connectivity index (χ4v) is 5.06. The zero-order valence-electron chi connectivity index (χ0n) is 18.3. The van der Waals surface area contributed by atoms with Crippen LogP contribution >= 0.6 is 0 Å². The number of esters is 2. The summed E-state index contributed by atoms with van der Waals surface area (Å²) in [6, 6.07) is 19.1. The van der Waals surface area contributed by atoms with Crippen LogP contribution in [-0.4, -0.2) is 31.9 Å². The van der Waals surface area contributed by atoms with Gasteiger partial charge in [0.15, 0.2) is 11.2 Å². The summed E-state index contributed by atoms with van der Waals surface area (Å²) in [7, 11) is 2.47. The molecule has 2 aliphatic carbocycles. The third-order valence-corrected chi connectivity index (χ3v) is 6.50. The molecule has 0 bridgehead atoms. The molecule has 166 valence electrons. The lowest BCUT2D eigenvalue weighted by molar-refractivity contribution is -0.169. The van der Waals surface area contributed by atoms with Gasteiger partial charge in [0.25, 0.3) is 0 Å². The van der Waals surface area contributed by atoms with E-state index in [0.717, 1.165) is 22.3 Å². The lowest BCUT2D eigenvalue weighted by Gasteiger charge is -2.34. The molecule has 1 unspecified atom stereocenters. The van der Waals surface area contributed by atoms with Crippen molar-refractivity contribution < 1.29 is 28.3 Å². The summed E-state index contributed by atoms with van der Waals surface area (Å²) in [5.74, 6) is -1.04. The first kappa shape index (κ1) is 20.9. The Hall–Kier alpha value is -3.93. The summed E-state index contributed by atoms with van der Waals surface area (Å²) < 4.78 is 16.3. The molecule has 3 aromatic rings. The van der Waals surface area contributed by atoms with Crippen molar-refractivity contribution in [3.8, 4) is 11.3 Å². The average Bonchev–Trinajstić information content (AvgIpc) is 3.23. The van der Waals surface area contributed by atoms with Gasteiger partial charge in [-0.05, 0) is 17.2 Å². The van der Waals surface area contributed by atoms with Gasteiger partial charge in [-0.25, -0.2) is 0 Å². The second-order valence-electron chi connectivity index (χ2n) is 8.34. The minimum absolute atomic E-state index is 0.00540. The van der Waals surface area contributed by atoms with Crippen molar-refractivity contribution in [2.75, 3.05) is 14.2 Å². The van der Waals surface area contributed by atoms with E-state index in [0.29, 0.717) is 17.1 Å². The number of ether oxygens (including phenoxy) is 2. The van der Waals surface area contributed by atoms with Crippen molar-refractivity contribution in [1.82, 2.24) is 0 Å². The van der Waals surface area contributed by atoms with E-state index < -0.39 is 23.3 Å². The molecule has 1 heterocycles. The standard InChI is InChI=1S/C27H22O6/c1-31-25(29)27(26(30)32-2)14-18-13-19(28)21(16-9-5-3-6-10-16)23-22(18)20(15-27)33-24(23)17-11-7-4-8-12-17/h3-13,21H,14-15H2,1-2H3. The van der Waals surface area contributed by atoms with Gasteiger partial charge in [-0.1, -0.05) is 60.7 Å². The van der Waals surface area contributed by atoms with Crippen molar-refractivity contribution in [2.24, 2.45) is 5.41 Å². The molecule has 1 atom stereocenters. The summed E-state index contributed by atoms with van der Waals surface area (Å²) in [6.45, 7) is 0. The van der Waals surface area contributed by atoms with Crippen molar-refractivity contribution >= 4 is 23.3 Å². The van der Waals surface area contributed by atoms with Crippen LogP contribution in [-0.2, 0) is 30.3 Å². The summed E-state index contributed by atoms with van der Waals surface area (Å²) >= 11 is 0. The van der Waals surface area contributed by atoms with Crippen molar-refractivity contribution in [3.63, 3.8) is 0 Å². The van der Waals surface area contributed by atoms with Gasteiger partial charge in [-0.15, -0.1) is 0 Å². The molecule has 5 rings (SSSR count). The molecule has 2 aromatic carbocycles. The van der Waals surface area contributed by atoms with Crippen LogP contribution in [0.25, 0.3) is 16.9 Å². The number of hydrogen-bond acceptors (Lipinski definition) is 6. The van der Waals surface area contributed by atoms with Gasteiger partial charge in [0.1, 0.15) is 11.5 Å². The Balaban J connectivity index is 1.78. The molecular formula is C27H22O6. The number of methoxy groups -OCH3 is 2. The Morgan fingerprint density at radius 3 is 2.12 bits per heavy atom. The van der Waals surface area contributed by atoms with Crippen LogP contribution < -0.4 is 0 Å². The highest BCUT2D eigenvalue weighted by atomic mass is 16.5. The summed E-state index contributed by atoms with van der Waals surface area (Å²) in [5, 5.41) is 0. The lowest BCUT2D eigenvalue weighted by Crippen LogP contribution is -2.45. The van der Waals surface area contributed by atoms with E-state index in [9.17, 15) is 14.4 Å². The largest absolute Gasteiger partial charge is 0.468 e. The minimum Gasteiger partial charge on any atom is -0.468 e. The normalized spacial score (nSPS) is 18.2. The number of hydrogen-bond donors (Lipinski definition) is 0. The van der Waals surface area contributed by atoms with E-state index in [4.69, 9.17) is 13.9 Å². The van der Waals surface area contributed by atoms with Gasteiger partial charge >= 0.3 is 11.9 Å². The molecule has 6 nitrogen and oxygen atoms in total. The molecule has 0 radical (unpaired) electrons. The van der Waals surface area contributed by atoms with Gasteiger partial charge in [0, 0.05) is 29.5 Å². The second kappa shape index (κ2) is 7.89. The van der Waals surface area contributed by atoms with E-state index in [-0.39, 0.29) is 18.6 Å².